The van der Waals surface area contributed by atoms with Crippen molar-refractivity contribution in [2.75, 3.05) is 0 Å². The van der Waals surface area contributed by atoms with Gasteiger partial charge < -0.3 is 5.73 Å². The van der Waals surface area contributed by atoms with Crippen molar-refractivity contribution in [3.8, 4) is 0 Å². The predicted octanol–water partition coefficient (Wildman–Crippen LogP) is 2.06. The highest BCUT2D eigenvalue weighted by atomic mass is 15.2. The molecule has 2 unspecified atom stereocenters. The van der Waals surface area contributed by atoms with Gasteiger partial charge in [0.05, 0.1) is 0 Å². The van der Waals surface area contributed by atoms with Crippen LogP contribution in [-0.4, -0.2) is 21.2 Å². The first-order valence-corrected chi connectivity index (χ1v) is 6.52. The van der Waals surface area contributed by atoms with E-state index in [2.05, 4.69) is 15.2 Å². The normalized spacial score (nSPS) is 31.3. The fraction of sp³-hybridized carbons (Fsp3) is 0.833. The number of aromatic amines is 1. The summed E-state index contributed by atoms with van der Waals surface area (Å²) >= 11 is 0. The standard InChI is InChI=1S/C12H20N4/c13-10-7-3-6-9(10)12-14-11(15-16-12)8-4-1-2-5-8/h8-10H,1-7,13H2,(H,14,15,16). The highest BCUT2D eigenvalue weighted by molar-refractivity contribution is 5.07. The molecule has 4 nitrogen and oxygen atoms in total. The summed E-state index contributed by atoms with van der Waals surface area (Å²) in [5.41, 5.74) is 6.09. The number of aromatic nitrogens is 3. The van der Waals surface area contributed by atoms with Crippen LogP contribution in [0.5, 0.6) is 0 Å². The molecule has 3 N–H and O–H groups in total. The van der Waals surface area contributed by atoms with Gasteiger partial charge in [-0.1, -0.05) is 19.3 Å². The minimum Gasteiger partial charge on any atom is -0.327 e. The molecule has 2 fully saturated rings. The van der Waals surface area contributed by atoms with Gasteiger partial charge in [0.15, 0.2) is 5.82 Å². The summed E-state index contributed by atoms with van der Waals surface area (Å²) in [6.07, 6.45) is 8.70. The van der Waals surface area contributed by atoms with Gasteiger partial charge in [0, 0.05) is 17.9 Å². The van der Waals surface area contributed by atoms with Crippen LogP contribution in [0.3, 0.4) is 0 Å². The molecule has 2 atom stereocenters. The molecule has 0 spiro atoms. The molecule has 16 heavy (non-hydrogen) atoms. The van der Waals surface area contributed by atoms with Gasteiger partial charge in [-0.25, -0.2) is 4.98 Å². The van der Waals surface area contributed by atoms with Gasteiger partial charge in [-0.2, -0.15) is 5.10 Å². The molecule has 2 aliphatic carbocycles. The van der Waals surface area contributed by atoms with Crippen LogP contribution >= 0.6 is 0 Å². The Hall–Kier alpha value is -0.900. The molecular weight excluding hydrogens is 200 g/mol. The van der Waals surface area contributed by atoms with Crippen LogP contribution in [0.15, 0.2) is 0 Å². The van der Waals surface area contributed by atoms with E-state index in [0.29, 0.717) is 11.8 Å². The third-order valence-corrected chi connectivity index (χ3v) is 4.16. The summed E-state index contributed by atoms with van der Waals surface area (Å²) in [6, 6.07) is 0.282. The van der Waals surface area contributed by atoms with Crippen molar-refractivity contribution >= 4 is 0 Å². The summed E-state index contributed by atoms with van der Waals surface area (Å²) < 4.78 is 0. The zero-order valence-electron chi connectivity index (χ0n) is 9.65. The molecule has 3 rings (SSSR count). The molecule has 0 amide bonds. The zero-order chi connectivity index (χ0) is 11.0. The lowest BCUT2D eigenvalue weighted by molar-refractivity contribution is 0.581. The third-order valence-electron chi connectivity index (χ3n) is 4.16. The van der Waals surface area contributed by atoms with Gasteiger partial charge in [-0.15, -0.1) is 0 Å². The predicted molar refractivity (Wildman–Crippen MR) is 62.2 cm³/mol. The van der Waals surface area contributed by atoms with Crippen molar-refractivity contribution < 1.29 is 0 Å². The smallest absolute Gasteiger partial charge is 0.153 e. The van der Waals surface area contributed by atoms with E-state index in [-0.39, 0.29) is 6.04 Å². The lowest BCUT2D eigenvalue weighted by Gasteiger charge is -2.11. The van der Waals surface area contributed by atoms with Gasteiger partial charge in [0.1, 0.15) is 5.82 Å². The van der Waals surface area contributed by atoms with E-state index in [1.165, 1.54) is 38.5 Å². The first-order chi connectivity index (χ1) is 7.84. The first-order valence-electron chi connectivity index (χ1n) is 6.52. The quantitative estimate of drug-likeness (QED) is 0.801. The lowest BCUT2D eigenvalue weighted by Crippen LogP contribution is -2.23. The van der Waals surface area contributed by atoms with Crippen molar-refractivity contribution in [2.45, 2.75) is 62.8 Å². The van der Waals surface area contributed by atoms with E-state index < -0.39 is 0 Å². The maximum atomic E-state index is 6.09. The number of hydrogen-bond donors (Lipinski definition) is 2. The first kappa shape index (κ1) is 10.3. The molecule has 2 aliphatic rings. The molecule has 1 aromatic rings. The Bertz CT molecular complexity index is 354. The minimum absolute atomic E-state index is 0.282. The van der Waals surface area contributed by atoms with E-state index >= 15 is 0 Å². The average Bonchev–Trinajstić information content (AvgIpc) is 2.96. The van der Waals surface area contributed by atoms with E-state index in [4.69, 9.17) is 5.73 Å². The number of nitrogens with one attached hydrogen (secondary N) is 1. The molecule has 88 valence electrons. The lowest BCUT2D eigenvalue weighted by atomic mass is 10.0. The molecule has 0 saturated heterocycles. The molecular formula is C12H20N4. The number of nitrogens with two attached hydrogens (primary N) is 1. The van der Waals surface area contributed by atoms with Crippen LogP contribution in [0.4, 0.5) is 0 Å². The highest BCUT2D eigenvalue weighted by Crippen LogP contribution is 2.35. The second-order valence-corrected chi connectivity index (χ2v) is 5.26. The van der Waals surface area contributed by atoms with E-state index in [0.717, 1.165) is 18.1 Å². The monoisotopic (exact) mass is 220 g/mol. The maximum absolute atomic E-state index is 6.09. The Morgan fingerprint density at radius 1 is 1.06 bits per heavy atom. The third kappa shape index (κ3) is 1.75. The van der Waals surface area contributed by atoms with E-state index in [1.54, 1.807) is 0 Å². The van der Waals surface area contributed by atoms with Crippen LogP contribution in [0.2, 0.25) is 0 Å². The summed E-state index contributed by atoms with van der Waals surface area (Å²) in [7, 11) is 0. The molecule has 0 radical (unpaired) electrons. The number of H-pyrrole nitrogens is 1. The van der Waals surface area contributed by atoms with Crippen molar-refractivity contribution in [1.82, 2.24) is 15.2 Å². The summed E-state index contributed by atoms with van der Waals surface area (Å²) in [4.78, 5) is 4.68. The Balaban J connectivity index is 1.76. The molecule has 1 heterocycles. The van der Waals surface area contributed by atoms with Gasteiger partial charge in [0.2, 0.25) is 0 Å². The number of hydrogen-bond acceptors (Lipinski definition) is 3. The molecule has 2 saturated carbocycles. The fourth-order valence-electron chi connectivity index (χ4n) is 3.15. The Morgan fingerprint density at radius 2 is 1.88 bits per heavy atom. The zero-order valence-corrected chi connectivity index (χ0v) is 9.65. The summed E-state index contributed by atoms with van der Waals surface area (Å²) in [6.45, 7) is 0. The van der Waals surface area contributed by atoms with Crippen molar-refractivity contribution in [3.63, 3.8) is 0 Å². The summed E-state index contributed by atoms with van der Waals surface area (Å²) in [5.74, 6) is 3.09. The molecule has 0 bridgehead atoms. The SMILES string of the molecule is NC1CCCC1c1nc(C2CCCC2)n[nH]1. The van der Waals surface area contributed by atoms with Gasteiger partial charge in [-0.05, 0) is 25.7 Å². The summed E-state index contributed by atoms with van der Waals surface area (Å²) in [5, 5.41) is 7.50. The van der Waals surface area contributed by atoms with Crippen LogP contribution in [0, 0.1) is 0 Å². The van der Waals surface area contributed by atoms with Crippen LogP contribution in [-0.2, 0) is 0 Å². The van der Waals surface area contributed by atoms with Crippen molar-refractivity contribution in [1.29, 1.82) is 0 Å². The second-order valence-electron chi connectivity index (χ2n) is 5.26. The van der Waals surface area contributed by atoms with Crippen molar-refractivity contribution in [3.05, 3.63) is 11.6 Å². The number of rotatable bonds is 2. The van der Waals surface area contributed by atoms with Gasteiger partial charge in [0.25, 0.3) is 0 Å². The molecule has 0 aromatic carbocycles. The largest absolute Gasteiger partial charge is 0.327 e. The Kier molecular flexibility index (Phi) is 2.67. The topological polar surface area (TPSA) is 67.6 Å². The maximum Gasteiger partial charge on any atom is 0.153 e. The molecule has 4 heteroatoms. The number of nitrogens with zero attached hydrogens (tertiary/aromatic N) is 2. The van der Waals surface area contributed by atoms with Crippen molar-refractivity contribution in [2.24, 2.45) is 5.73 Å². The molecule has 1 aromatic heterocycles. The van der Waals surface area contributed by atoms with E-state index in [9.17, 15) is 0 Å². The van der Waals surface area contributed by atoms with Gasteiger partial charge in [-0.3, -0.25) is 5.10 Å². The average molecular weight is 220 g/mol. The Morgan fingerprint density at radius 3 is 2.56 bits per heavy atom. The minimum atomic E-state index is 0.282. The molecule has 0 aliphatic heterocycles. The fourth-order valence-corrected chi connectivity index (χ4v) is 3.15. The Labute approximate surface area is 96.0 Å². The van der Waals surface area contributed by atoms with Crippen LogP contribution in [0.1, 0.15) is 68.4 Å². The van der Waals surface area contributed by atoms with Crippen LogP contribution < -0.4 is 5.73 Å². The highest BCUT2D eigenvalue weighted by Gasteiger charge is 2.29. The van der Waals surface area contributed by atoms with E-state index in [1.807, 2.05) is 0 Å². The van der Waals surface area contributed by atoms with Gasteiger partial charge >= 0.3 is 0 Å². The second kappa shape index (κ2) is 4.17. The van der Waals surface area contributed by atoms with Crippen LogP contribution in [0.25, 0.3) is 0 Å².